The molecule has 2 N–H and O–H groups in total. The van der Waals surface area contributed by atoms with Gasteiger partial charge >= 0.3 is 0 Å². The Labute approximate surface area is 67.0 Å². The molecule has 1 aliphatic heterocycles. The van der Waals surface area contributed by atoms with E-state index in [0.29, 0.717) is 13.2 Å². The van der Waals surface area contributed by atoms with E-state index in [2.05, 4.69) is 0 Å². The van der Waals surface area contributed by atoms with Crippen molar-refractivity contribution in [1.29, 1.82) is 0 Å². The second-order valence-corrected chi connectivity index (χ2v) is 3.80. The summed E-state index contributed by atoms with van der Waals surface area (Å²) >= 11 is 0. The smallest absolute Gasteiger partial charge is 0.0692 e. The molecular weight excluding hydrogens is 144 g/mol. The third-order valence-corrected chi connectivity index (χ3v) is 2.70. The monoisotopic (exact) mass is 160 g/mol. The highest BCUT2D eigenvalue weighted by Gasteiger charge is 2.46. The summed E-state index contributed by atoms with van der Waals surface area (Å²) < 4.78 is 5.16. The topological polar surface area (TPSA) is 49.7 Å². The summed E-state index contributed by atoms with van der Waals surface area (Å²) in [5.74, 6) is 0. The minimum absolute atomic E-state index is 0.00347. The van der Waals surface area contributed by atoms with Crippen molar-refractivity contribution in [3.63, 3.8) is 0 Å². The van der Waals surface area contributed by atoms with Gasteiger partial charge in [0, 0.05) is 12.0 Å². The molecule has 0 radical (unpaired) electrons. The SMILES string of the molecule is CC(C)(O)C1(CO)CCOC1. The molecule has 0 spiro atoms. The number of hydrogen-bond acceptors (Lipinski definition) is 3. The average Bonchev–Trinajstić information content (AvgIpc) is 2.33. The largest absolute Gasteiger partial charge is 0.396 e. The van der Waals surface area contributed by atoms with Crippen molar-refractivity contribution in [2.24, 2.45) is 5.41 Å². The fourth-order valence-electron chi connectivity index (χ4n) is 1.41. The van der Waals surface area contributed by atoms with Crippen LogP contribution in [-0.4, -0.2) is 35.6 Å². The molecule has 0 aromatic carbocycles. The van der Waals surface area contributed by atoms with E-state index in [9.17, 15) is 5.11 Å². The molecule has 0 aromatic heterocycles. The van der Waals surface area contributed by atoms with Gasteiger partial charge in [0.25, 0.3) is 0 Å². The summed E-state index contributed by atoms with van der Waals surface area (Å²) in [6, 6.07) is 0. The van der Waals surface area contributed by atoms with Crippen LogP contribution in [0.3, 0.4) is 0 Å². The van der Waals surface area contributed by atoms with Crippen LogP contribution in [0.5, 0.6) is 0 Å². The third kappa shape index (κ3) is 1.41. The van der Waals surface area contributed by atoms with Crippen molar-refractivity contribution in [1.82, 2.24) is 0 Å². The molecule has 3 heteroatoms. The summed E-state index contributed by atoms with van der Waals surface area (Å²) in [6.07, 6.45) is 0.743. The van der Waals surface area contributed by atoms with E-state index in [-0.39, 0.29) is 6.61 Å². The average molecular weight is 160 g/mol. The maximum absolute atomic E-state index is 9.73. The summed E-state index contributed by atoms with van der Waals surface area (Å²) in [4.78, 5) is 0. The van der Waals surface area contributed by atoms with Crippen molar-refractivity contribution < 1.29 is 14.9 Å². The Morgan fingerprint density at radius 2 is 2.18 bits per heavy atom. The van der Waals surface area contributed by atoms with Gasteiger partial charge in [-0.2, -0.15) is 0 Å². The lowest BCUT2D eigenvalue weighted by atomic mass is 9.74. The lowest BCUT2D eigenvalue weighted by Crippen LogP contribution is -2.46. The highest BCUT2D eigenvalue weighted by atomic mass is 16.5. The first-order chi connectivity index (χ1) is 5.02. The van der Waals surface area contributed by atoms with E-state index < -0.39 is 11.0 Å². The number of aliphatic hydroxyl groups excluding tert-OH is 1. The molecule has 0 aromatic rings. The van der Waals surface area contributed by atoms with Gasteiger partial charge in [-0.15, -0.1) is 0 Å². The van der Waals surface area contributed by atoms with Gasteiger partial charge in [-0.1, -0.05) is 0 Å². The predicted molar refractivity (Wildman–Crippen MR) is 41.3 cm³/mol. The zero-order chi connectivity index (χ0) is 8.54. The maximum Gasteiger partial charge on any atom is 0.0692 e. The predicted octanol–water partition coefficient (Wildman–Crippen LogP) is 0.156. The van der Waals surface area contributed by atoms with Gasteiger partial charge in [-0.25, -0.2) is 0 Å². The Hall–Kier alpha value is -0.120. The zero-order valence-corrected chi connectivity index (χ0v) is 7.13. The first kappa shape index (κ1) is 8.97. The van der Waals surface area contributed by atoms with Crippen LogP contribution in [0, 0.1) is 5.41 Å². The first-order valence-corrected chi connectivity index (χ1v) is 3.93. The van der Waals surface area contributed by atoms with Gasteiger partial charge in [0.05, 0.1) is 18.8 Å². The molecule has 0 saturated carbocycles. The molecule has 0 aliphatic carbocycles. The fourth-order valence-corrected chi connectivity index (χ4v) is 1.41. The number of hydrogen-bond donors (Lipinski definition) is 2. The van der Waals surface area contributed by atoms with Crippen molar-refractivity contribution in [2.75, 3.05) is 19.8 Å². The molecule has 0 amide bonds. The molecule has 1 rings (SSSR count). The van der Waals surface area contributed by atoms with Crippen LogP contribution in [0.2, 0.25) is 0 Å². The molecule has 1 aliphatic rings. The van der Waals surface area contributed by atoms with Crippen molar-refractivity contribution in [2.45, 2.75) is 25.9 Å². The Kier molecular flexibility index (Phi) is 2.23. The number of ether oxygens (including phenoxy) is 1. The Morgan fingerprint density at radius 1 is 1.55 bits per heavy atom. The van der Waals surface area contributed by atoms with Gasteiger partial charge in [-0.3, -0.25) is 0 Å². The lowest BCUT2D eigenvalue weighted by molar-refractivity contribution is -0.0855. The van der Waals surface area contributed by atoms with Crippen LogP contribution in [0.25, 0.3) is 0 Å². The molecule has 66 valence electrons. The minimum atomic E-state index is -0.849. The van der Waals surface area contributed by atoms with Crippen LogP contribution in [0.4, 0.5) is 0 Å². The summed E-state index contributed by atoms with van der Waals surface area (Å²) in [5, 5.41) is 18.8. The minimum Gasteiger partial charge on any atom is -0.396 e. The van der Waals surface area contributed by atoms with Crippen LogP contribution >= 0.6 is 0 Å². The van der Waals surface area contributed by atoms with Gasteiger partial charge in [0.2, 0.25) is 0 Å². The van der Waals surface area contributed by atoms with E-state index >= 15 is 0 Å². The summed E-state index contributed by atoms with van der Waals surface area (Å²) in [7, 11) is 0. The highest BCUT2D eigenvalue weighted by Crippen LogP contribution is 2.38. The molecule has 1 atom stereocenters. The van der Waals surface area contributed by atoms with Crippen LogP contribution in [0.15, 0.2) is 0 Å². The van der Waals surface area contributed by atoms with Crippen molar-refractivity contribution >= 4 is 0 Å². The van der Waals surface area contributed by atoms with E-state index in [1.807, 2.05) is 0 Å². The van der Waals surface area contributed by atoms with Crippen molar-refractivity contribution in [3.05, 3.63) is 0 Å². The third-order valence-electron chi connectivity index (χ3n) is 2.70. The second-order valence-electron chi connectivity index (χ2n) is 3.80. The number of rotatable bonds is 2. The van der Waals surface area contributed by atoms with Crippen LogP contribution in [0.1, 0.15) is 20.3 Å². The standard InChI is InChI=1S/C8H16O3/c1-7(2,10)8(5-9)3-4-11-6-8/h9-10H,3-6H2,1-2H3. The molecule has 11 heavy (non-hydrogen) atoms. The zero-order valence-electron chi connectivity index (χ0n) is 7.13. The van der Waals surface area contributed by atoms with E-state index in [1.165, 1.54) is 0 Å². The molecule has 1 unspecified atom stereocenters. The van der Waals surface area contributed by atoms with Crippen LogP contribution < -0.4 is 0 Å². The normalized spacial score (nSPS) is 32.7. The quantitative estimate of drug-likeness (QED) is 0.605. The van der Waals surface area contributed by atoms with E-state index in [0.717, 1.165) is 6.42 Å². The molecule has 0 bridgehead atoms. The molecule has 1 saturated heterocycles. The lowest BCUT2D eigenvalue weighted by Gasteiger charge is -2.37. The van der Waals surface area contributed by atoms with E-state index in [4.69, 9.17) is 9.84 Å². The maximum atomic E-state index is 9.73. The molecule has 3 nitrogen and oxygen atoms in total. The Balaban J connectivity index is 2.75. The fraction of sp³-hybridized carbons (Fsp3) is 1.00. The van der Waals surface area contributed by atoms with Gasteiger partial charge in [-0.05, 0) is 20.3 Å². The molecule has 1 fully saturated rings. The van der Waals surface area contributed by atoms with Gasteiger partial charge < -0.3 is 14.9 Å². The summed E-state index contributed by atoms with van der Waals surface area (Å²) in [6.45, 7) is 4.55. The van der Waals surface area contributed by atoms with E-state index in [1.54, 1.807) is 13.8 Å². The molecular formula is C8H16O3. The molecule has 1 heterocycles. The Morgan fingerprint density at radius 3 is 2.36 bits per heavy atom. The van der Waals surface area contributed by atoms with Gasteiger partial charge in [0.15, 0.2) is 0 Å². The second kappa shape index (κ2) is 2.73. The first-order valence-electron chi connectivity index (χ1n) is 3.93. The van der Waals surface area contributed by atoms with Crippen LogP contribution in [-0.2, 0) is 4.74 Å². The Bertz CT molecular complexity index is 131. The number of aliphatic hydroxyl groups is 2. The van der Waals surface area contributed by atoms with Crippen molar-refractivity contribution in [3.8, 4) is 0 Å². The van der Waals surface area contributed by atoms with Gasteiger partial charge in [0.1, 0.15) is 0 Å². The highest BCUT2D eigenvalue weighted by molar-refractivity contribution is 4.95. The summed E-state index contributed by atoms with van der Waals surface area (Å²) in [5.41, 5.74) is -1.29.